The van der Waals surface area contributed by atoms with E-state index in [1.165, 1.54) is 27.7 Å². The molecule has 0 saturated carbocycles. The summed E-state index contributed by atoms with van der Waals surface area (Å²) in [6.07, 6.45) is -2.62. The molecule has 0 radical (unpaired) electrons. The van der Waals surface area contributed by atoms with Crippen LogP contribution in [0.3, 0.4) is 0 Å². The van der Waals surface area contributed by atoms with Gasteiger partial charge in [0.1, 0.15) is 6.10 Å². The summed E-state index contributed by atoms with van der Waals surface area (Å²) in [6, 6.07) is -0.469. The number of hydrogen-bond donors (Lipinski definition) is 0. The van der Waals surface area contributed by atoms with Gasteiger partial charge >= 0.3 is 23.9 Å². The smallest absolute Gasteiger partial charge is 0.303 e. The molecule has 2 aliphatic rings. The van der Waals surface area contributed by atoms with Gasteiger partial charge in [-0.05, 0) is 6.42 Å². The molecule has 9 nitrogen and oxygen atoms in total. The van der Waals surface area contributed by atoms with Crippen LogP contribution in [-0.4, -0.2) is 72.3 Å². The lowest BCUT2D eigenvalue weighted by Crippen LogP contribution is -2.64. The second-order valence-electron chi connectivity index (χ2n) is 6.22. The maximum absolute atomic E-state index is 11.6. The minimum absolute atomic E-state index is 0.289. The number of rotatable bonds is 4. The fourth-order valence-corrected chi connectivity index (χ4v) is 3.54. The molecule has 9 heteroatoms. The number of carbonyl (C=O) groups is 4. The zero-order valence-electron chi connectivity index (χ0n) is 14.7. The summed E-state index contributed by atoms with van der Waals surface area (Å²) in [5.41, 5.74) is 0. The fourth-order valence-electron chi connectivity index (χ4n) is 3.54. The molecule has 0 amide bonds. The fraction of sp³-hybridized carbons (Fsp3) is 0.750. The van der Waals surface area contributed by atoms with Crippen LogP contribution in [0.1, 0.15) is 34.1 Å². The van der Waals surface area contributed by atoms with Crippen molar-refractivity contribution in [1.82, 2.24) is 4.90 Å². The lowest BCUT2D eigenvalue weighted by Gasteiger charge is -2.45. The average Bonchev–Trinajstić information content (AvgIpc) is 2.82. The second-order valence-corrected chi connectivity index (χ2v) is 6.22. The summed E-state index contributed by atoms with van der Waals surface area (Å²) in [6.45, 7) is 5.88. The third-order valence-corrected chi connectivity index (χ3v) is 4.18. The van der Waals surface area contributed by atoms with E-state index in [0.717, 1.165) is 0 Å². The van der Waals surface area contributed by atoms with Crippen LogP contribution in [0.4, 0.5) is 0 Å². The van der Waals surface area contributed by atoms with Crippen molar-refractivity contribution in [3.63, 3.8) is 0 Å². The van der Waals surface area contributed by atoms with Crippen LogP contribution < -0.4 is 0 Å². The summed E-state index contributed by atoms with van der Waals surface area (Å²) in [5.74, 6) is -2.13. The largest absolute Gasteiger partial charge is 0.461 e. The number of fused-ring (bicyclic) bond motifs is 1. The number of carbonyl (C=O) groups excluding carboxylic acids is 4. The Labute approximate surface area is 145 Å². The van der Waals surface area contributed by atoms with E-state index in [-0.39, 0.29) is 6.54 Å². The molecule has 0 spiro atoms. The zero-order chi connectivity index (χ0) is 18.7. The van der Waals surface area contributed by atoms with Crippen molar-refractivity contribution in [2.24, 2.45) is 0 Å². The van der Waals surface area contributed by atoms with Gasteiger partial charge < -0.3 is 18.9 Å². The van der Waals surface area contributed by atoms with Crippen molar-refractivity contribution in [1.29, 1.82) is 0 Å². The minimum Gasteiger partial charge on any atom is -0.461 e. The van der Waals surface area contributed by atoms with E-state index >= 15 is 0 Å². The first kappa shape index (κ1) is 19.2. The van der Waals surface area contributed by atoms with Gasteiger partial charge in [0.25, 0.3) is 0 Å². The highest BCUT2D eigenvalue weighted by Gasteiger charge is 2.55. The van der Waals surface area contributed by atoms with Gasteiger partial charge in [0.2, 0.25) is 0 Å². The van der Waals surface area contributed by atoms with Crippen molar-refractivity contribution in [3.05, 3.63) is 0 Å². The molecular formula is C16H23NO8. The van der Waals surface area contributed by atoms with Crippen LogP contribution in [-0.2, 0) is 38.1 Å². The van der Waals surface area contributed by atoms with Gasteiger partial charge in [0.15, 0.2) is 18.3 Å². The van der Waals surface area contributed by atoms with Gasteiger partial charge in [-0.2, -0.15) is 0 Å². The molecule has 0 bridgehead atoms. The first-order chi connectivity index (χ1) is 11.7. The maximum atomic E-state index is 11.6. The molecule has 0 aromatic carbocycles. The van der Waals surface area contributed by atoms with E-state index in [2.05, 4.69) is 0 Å². The van der Waals surface area contributed by atoms with Gasteiger partial charge in [-0.15, -0.1) is 0 Å². The van der Waals surface area contributed by atoms with Crippen molar-refractivity contribution in [3.8, 4) is 0 Å². The first-order valence-corrected chi connectivity index (χ1v) is 8.12. The van der Waals surface area contributed by atoms with Crippen LogP contribution in [0.15, 0.2) is 0 Å². The quantitative estimate of drug-likeness (QED) is 0.499. The van der Waals surface area contributed by atoms with E-state index in [1.54, 1.807) is 0 Å². The minimum atomic E-state index is -0.970. The Kier molecular flexibility index (Phi) is 5.99. The lowest BCUT2D eigenvalue weighted by molar-refractivity contribution is -0.206. The van der Waals surface area contributed by atoms with Crippen molar-refractivity contribution in [2.75, 3.05) is 13.1 Å². The normalized spacial score (nSPS) is 31.6. The molecule has 0 unspecified atom stereocenters. The van der Waals surface area contributed by atoms with Crippen molar-refractivity contribution in [2.45, 2.75) is 64.6 Å². The molecule has 0 aromatic heterocycles. The van der Waals surface area contributed by atoms with Gasteiger partial charge in [-0.1, -0.05) is 0 Å². The molecule has 2 fully saturated rings. The first-order valence-electron chi connectivity index (χ1n) is 8.12. The van der Waals surface area contributed by atoms with Gasteiger partial charge in [0.05, 0.1) is 6.04 Å². The Hall–Kier alpha value is -2.16. The van der Waals surface area contributed by atoms with E-state index in [0.29, 0.717) is 13.0 Å². The molecular weight excluding hydrogens is 334 g/mol. The van der Waals surface area contributed by atoms with Crippen LogP contribution in [0.25, 0.3) is 0 Å². The Morgan fingerprint density at radius 3 is 1.72 bits per heavy atom. The summed E-state index contributed by atoms with van der Waals surface area (Å²) in [7, 11) is 0. The number of nitrogens with zero attached hydrogens (tertiary/aromatic N) is 1. The molecule has 0 N–H and O–H groups in total. The van der Waals surface area contributed by atoms with Crippen LogP contribution in [0, 0.1) is 0 Å². The van der Waals surface area contributed by atoms with E-state index in [1.807, 2.05) is 4.90 Å². The zero-order valence-corrected chi connectivity index (χ0v) is 14.7. The monoisotopic (exact) mass is 357 g/mol. The van der Waals surface area contributed by atoms with E-state index in [9.17, 15) is 19.2 Å². The third kappa shape index (κ3) is 4.68. The predicted octanol–water partition coefficient (Wildman–Crippen LogP) is -0.199. The Morgan fingerprint density at radius 2 is 1.20 bits per heavy atom. The van der Waals surface area contributed by atoms with Crippen LogP contribution in [0.5, 0.6) is 0 Å². The van der Waals surface area contributed by atoms with Crippen LogP contribution >= 0.6 is 0 Å². The van der Waals surface area contributed by atoms with E-state index < -0.39 is 54.3 Å². The predicted molar refractivity (Wildman–Crippen MR) is 82.2 cm³/mol. The molecule has 0 aliphatic carbocycles. The number of piperidine rings is 1. The SMILES string of the molecule is CC(=O)O[C@@H]1[C@H](OC(C)=O)[C@H]2[C@@H](OC(C)=O)CCN2C[C@@H]1OC(C)=O. The average molecular weight is 357 g/mol. The standard InChI is InChI=1S/C16H23NO8/c1-8(18)22-12-5-6-17-7-13(23-9(2)19)15(24-10(3)20)16(14(12)17)25-11(4)21/h12-16H,5-7H2,1-4H3/t12-,13-,14+,15-,16+/m0/s1. The van der Waals surface area contributed by atoms with Gasteiger partial charge in [0, 0.05) is 40.8 Å². The highest BCUT2D eigenvalue weighted by Crippen LogP contribution is 2.34. The Morgan fingerprint density at radius 1 is 0.720 bits per heavy atom. The lowest BCUT2D eigenvalue weighted by atomic mass is 9.92. The Balaban J connectivity index is 2.34. The molecule has 140 valence electrons. The molecule has 2 saturated heterocycles. The number of ether oxygens (including phenoxy) is 4. The topological polar surface area (TPSA) is 108 Å². The van der Waals surface area contributed by atoms with Gasteiger partial charge in [-0.25, -0.2) is 0 Å². The molecule has 2 heterocycles. The van der Waals surface area contributed by atoms with Crippen molar-refractivity contribution < 1.29 is 38.1 Å². The summed E-state index contributed by atoms with van der Waals surface area (Å²) in [5, 5.41) is 0. The second kappa shape index (κ2) is 7.81. The summed E-state index contributed by atoms with van der Waals surface area (Å²) >= 11 is 0. The van der Waals surface area contributed by atoms with E-state index in [4.69, 9.17) is 18.9 Å². The molecule has 25 heavy (non-hydrogen) atoms. The molecule has 0 aromatic rings. The molecule has 2 aliphatic heterocycles. The highest BCUT2D eigenvalue weighted by molar-refractivity contribution is 5.69. The summed E-state index contributed by atoms with van der Waals surface area (Å²) < 4.78 is 21.3. The maximum Gasteiger partial charge on any atom is 0.303 e. The Bertz CT molecular complexity index is 562. The van der Waals surface area contributed by atoms with Crippen molar-refractivity contribution >= 4 is 23.9 Å². The highest BCUT2D eigenvalue weighted by atomic mass is 16.6. The molecule has 5 atom stereocenters. The van der Waals surface area contributed by atoms with Gasteiger partial charge in [-0.3, -0.25) is 24.1 Å². The third-order valence-electron chi connectivity index (χ3n) is 4.18. The number of esters is 4. The summed E-state index contributed by atoms with van der Waals surface area (Å²) in [4.78, 5) is 47.8. The molecule has 2 rings (SSSR count). The van der Waals surface area contributed by atoms with Crippen LogP contribution in [0.2, 0.25) is 0 Å². The number of hydrogen-bond acceptors (Lipinski definition) is 9.